The minimum absolute atomic E-state index is 0.0617. The van der Waals surface area contributed by atoms with Crippen molar-refractivity contribution in [2.75, 3.05) is 5.73 Å². The Kier molecular flexibility index (Phi) is 2.04. The summed E-state index contributed by atoms with van der Waals surface area (Å²) in [7, 11) is 0. The summed E-state index contributed by atoms with van der Waals surface area (Å²) >= 11 is 0. The maximum absolute atomic E-state index is 13.7. The van der Waals surface area contributed by atoms with Gasteiger partial charge in [-0.1, -0.05) is 18.2 Å². The van der Waals surface area contributed by atoms with Gasteiger partial charge in [0.2, 0.25) is 5.95 Å². The molecule has 0 radical (unpaired) electrons. The molecule has 4 nitrogen and oxygen atoms in total. The summed E-state index contributed by atoms with van der Waals surface area (Å²) in [4.78, 5) is 10.6. The molecule has 0 saturated carbocycles. The molecule has 0 amide bonds. The van der Waals surface area contributed by atoms with Gasteiger partial charge in [-0.15, -0.1) is 0 Å². The number of benzene rings is 1. The van der Waals surface area contributed by atoms with Crippen LogP contribution in [0.4, 0.5) is 10.3 Å². The Morgan fingerprint density at radius 2 is 2.06 bits per heavy atom. The summed E-state index contributed by atoms with van der Waals surface area (Å²) in [5.74, 6) is -0.421. The highest BCUT2D eigenvalue weighted by molar-refractivity contribution is 5.94. The number of nitrogens with two attached hydrogens (primary N) is 1. The number of halogens is 1. The van der Waals surface area contributed by atoms with E-state index < -0.39 is 5.82 Å². The molecule has 84 valence electrons. The first-order valence-electron chi connectivity index (χ1n) is 5.10. The quantitative estimate of drug-likeness (QED) is 0.671. The lowest BCUT2D eigenvalue weighted by atomic mass is 10.1. The lowest BCUT2D eigenvalue weighted by Gasteiger charge is -2.01. The number of hydrogen-bond donors (Lipinski definition) is 2. The third-order valence-electron chi connectivity index (χ3n) is 2.61. The number of nitrogens with zero attached hydrogens (tertiary/aromatic N) is 2. The Bertz CT molecular complexity index is 690. The van der Waals surface area contributed by atoms with E-state index in [0.29, 0.717) is 5.56 Å². The molecule has 3 rings (SSSR count). The lowest BCUT2D eigenvalue weighted by molar-refractivity contribution is 0.619. The van der Waals surface area contributed by atoms with E-state index in [4.69, 9.17) is 5.73 Å². The van der Waals surface area contributed by atoms with Crippen LogP contribution in [0.5, 0.6) is 0 Å². The second kappa shape index (κ2) is 3.55. The molecule has 0 bridgehead atoms. The van der Waals surface area contributed by atoms with Crippen LogP contribution >= 0.6 is 0 Å². The molecule has 0 aliphatic rings. The standard InChI is InChI=1S/C12H9FN4/c13-9-6-16-12(14)17-11(9)8-5-15-10-4-2-1-3-7(8)10/h1-6,15H,(H2,14,16,17). The van der Waals surface area contributed by atoms with E-state index in [2.05, 4.69) is 15.0 Å². The molecule has 0 aliphatic carbocycles. The Hall–Kier alpha value is -2.43. The van der Waals surface area contributed by atoms with Gasteiger partial charge in [-0.05, 0) is 6.07 Å². The van der Waals surface area contributed by atoms with Gasteiger partial charge in [0.15, 0.2) is 5.82 Å². The number of anilines is 1. The summed E-state index contributed by atoms with van der Waals surface area (Å²) in [6.07, 6.45) is 2.80. The van der Waals surface area contributed by atoms with Crippen molar-refractivity contribution >= 4 is 16.9 Å². The number of H-pyrrole nitrogens is 1. The van der Waals surface area contributed by atoms with Crippen LogP contribution in [0, 0.1) is 5.82 Å². The van der Waals surface area contributed by atoms with Gasteiger partial charge >= 0.3 is 0 Å². The summed E-state index contributed by atoms with van der Waals surface area (Å²) < 4.78 is 13.7. The number of fused-ring (bicyclic) bond motifs is 1. The molecule has 0 fully saturated rings. The molecule has 0 unspecified atom stereocenters. The number of nitrogens with one attached hydrogen (secondary N) is 1. The van der Waals surface area contributed by atoms with E-state index in [0.717, 1.165) is 17.1 Å². The van der Waals surface area contributed by atoms with Gasteiger partial charge in [0, 0.05) is 22.7 Å². The summed E-state index contributed by atoms with van der Waals surface area (Å²) in [6, 6.07) is 7.62. The monoisotopic (exact) mass is 228 g/mol. The van der Waals surface area contributed by atoms with Gasteiger partial charge in [-0.3, -0.25) is 0 Å². The highest BCUT2D eigenvalue weighted by Crippen LogP contribution is 2.28. The second-order valence-electron chi connectivity index (χ2n) is 3.67. The highest BCUT2D eigenvalue weighted by Gasteiger charge is 2.12. The second-order valence-corrected chi connectivity index (χ2v) is 3.67. The number of aromatic amines is 1. The van der Waals surface area contributed by atoms with Crippen molar-refractivity contribution in [1.82, 2.24) is 15.0 Å². The van der Waals surface area contributed by atoms with E-state index in [1.165, 1.54) is 0 Å². The van der Waals surface area contributed by atoms with Gasteiger partial charge < -0.3 is 10.7 Å². The van der Waals surface area contributed by atoms with Gasteiger partial charge in [0.05, 0.1) is 6.20 Å². The van der Waals surface area contributed by atoms with Gasteiger partial charge in [-0.25, -0.2) is 14.4 Å². The third-order valence-corrected chi connectivity index (χ3v) is 2.61. The SMILES string of the molecule is Nc1ncc(F)c(-c2c[nH]c3ccccc23)n1. The maximum Gasteiger partial charge on any atom is 0.220 e. The normalized spacial score (nSPS) is 10.9. The average Bonchev–Trinajstić information content (AvgIpc) is 2.76. The zero-order valence-corrected chi connectivity index (χ0v) is 8.81. The third kappa shape index (κ3) is 1.52. The van der Waals surface area contributed by atoms with E-state index >= 15 is 0 Å². The molecule has 3 aromatic rings. The molecule has 2 heterocycles. The van der Waals surface area contributed by atoms with Crippen LogP contribution in [0.1, 0.15) is 0 Å². The molecule has 0 spiro atoms. The molecular formula is C12H9FN4. The molecule has 0 aliphatic heterocycles. The number of rotatable bonds is 1. The van der Waals surface area contributed by atoms with Crippen molar-refractivity contribution in [3.8, 4) is 11.3 Å². The molecule has 3 N–H and O–H groups in total. The Balaban J connectivity index is 2.31. The number of hydrogen-bond acceptors (Lipinski definition) is 3. The fourth-order valence-corrected chi connectivity index (χ4v) is 1.84. The van der Waals surface area contributed by atoms with Gasteiger partial charge in [0.25, 0.3) is 0 Å². The zero-order valence-electron chi connectivity index (χ0n) is 8.81. The molecule has 2 aromatic heterocycles. The minimum atomic E-state index is -0.482. The van der Waals surface area contributed by atoms with E-state index in [9.17, 15) is 4.39 Å². The van der Waals surface area contributed by atoms with Crippen molar-refractivity contribution < 1.29 is 4.39 Å². The number of nitrogen functional groups attached to an aromatic ring is 1. The number of aromatic nitrogens is 3. The van der Waals surface area contributed by atoms with Crippen molar-refractivity contribution in [3.63, 3.8) is 0 Å². The van der Waals surface area contributed by atoms with Crippen molar-refractivity contribution in [2.45, 2.75) is 0 Å². The van der Waals surface area contributed by atoms with E-state index in [1.54, 1.807) is 6.20 Å². The van der Waals surface area contributed by atoms with E-state index in [-0.39, 0.29) is 11.6 Å². The largest absolute Gasteiger partial charge is 0.368 e. The van der Waals surface area contributed by atoms with Gasteiger partial charge in [-0.2, -0.15) is 0 Å². The Morgan fingerprint density at radius 3 is 2.94 bits per heavy atom. The topological polar surface area (TPSA) is 67.6 Å². The molecule has 0 saturated heterocycles. The Morgan fingerprint density at radius 1 is 1.24 bits per heavy atom. The first-order valence-corrected chi connectivity index (χ1v) is 5.10. The molecule has 5 heteroatoms. The van der Waals surface area contributed by atoms with E-state index in [1.807, 2.05) is 24.3 Å². The van der Waals surface area contributed by atoms with Crippen LogP contribution < -0.4 is 5.73 Å². The molecule has 0 atom stereocenters. The Labute approximate surface area is 96.3 Å². The van der Waals surface area contributed by atoms with Gasteiger partial charge in [0.1, 0.15) is 5.69 Å². The van der Waals surface area contributed by atoms with Crippen LogP contribution in [0.2, 0.25) is 0 Å². The summed E-state index contributed by atoms with van der Waals surface area (Å²) in [5.41, 5.74) is 7.31. The fraction of sp³-hybridized carbons (Fsp3) is 0. The number of para-hydroxylation sites is 1. The van der Waals surface area contributed by atoms with Crippen LogP contribution in [0.15, 0.2) is 36.7 Å². The highest BCUT2D eigenvalue weighted by atomic mass is 19.1. The smallest absolute Gasteiger partial charge is 0.220 e. The summed E-state index contributed by atoms with van der Waals surface area (Å²) in [6.45, 7) is 0. The fourth-order valence-electron chi connectivity index (χ4n) is 1.84. The van der Waals surface area contributed by atoms with Crippen LogP contribution in [0.3, 0.4) is 0 Å². The minimum Gasteiger partial charge on any atom is -0.368 e. The van der Waals surface area contributed by atoms with Crippen molar-refractivity contribution in [1.29, 1.82) is 0 Å². The average molecular weight is 228 g/mol. The van der Waals surface area contributed by atoms with Crippen LogP contribution in [-0.2, 0) is 0 Å². The molecule has 1 aromatic carbocycles. The van der Waals surface area contributed by atoms with Crippen molar-refractivity contribution in [3.05, 3.63) is 42.5 Å². The van der Waals surface area contributed by atoms with Crippen LogP contribution in [0.25, 0.3) is 22.2 Å². The first kappa shape index (κ1) is 9.77. The molecular weight excluding hydrogens is 219 g/mol. The summed E-state index contributed by atoms with van der Waals surface area (Å²) in [5, 5.41) is 0.907. The maximum atomic E-state index is 13.7. The zero-order chi connectivity index (χ0) is 11.8. The van der Waals surface area contributed by atoms with Crippen molar-refractivity contribution in [2.24, 2.45) is 0 Å². The first-order chi connectivity index (χ1) is 8.25. The predicted molar refractivity (Wildman–Crippen MR) is 63.7 cm³/mol. The molecule has 17 heavy (non-hydrogen) atoms. The lowest BCUT2D eigenvalue weighted by Crippen LogP contribution is -1.98. The predicted octanol–water partition coefficient (Wildman–Crippen LogP) is 2.35. The van der Waals surface area contributed by atoms with Crippen LogP contribution in [-0.4, -0.2) is 15.0 Å².